The lowest BCUT2D eigenvalue weighted by molar-refractivity contribution is 0.196. The first kappa shape index (κ1) is 16.3. The lowest BCUT2D eigenvalue weighted by Gasteiger charge is -2.12. The average Bonchev–Trinajstić information content (AvgIpc) is 2.55. The third-order valence-electron chi connectivity index (χ3n) is 3.36. The standard InChI is InChI=1S/C18H23NO3/c1-14-3-5-15(6-4-14)12-19-13-16-7-8-17(22-10-9-20)18(11-16)21-2/h3-8,11,19-20H,9-10,12-13H2,1-2H3. The molecule has 0 aromatic heterocycles. The molecule has 2 N–H and O–H groups in total. The quantitative estimate of drug-likeness (QED) is 0.787. The number of methoxy groups -OCH3 is 1. The number of nitrogens with one attached hydrogen (secondary N) is 1. The van der Waals surface area contributed by atoms with Gasteiger partial charge >= 0.3 is 0 Å². The molecule has 0 amide bonds. The van der Waals surface area contributed by atoms with Gasteiger partial charge in [0.2, 0.25) is 0 Å². The Balaban J connectivity index is 1.90. The Kier molecular flexibility index (Phi) is 6.25. The molecule has 22 heavy (non-hydrogen) atoms. The number of rotatable bonds is 8. The largest absolute Gasteiger partial charge is 0.493 e. The van der Waals surface area contributed by atoms with Gasteiger partial charge in [-0.3, -0.25) is 0 Å². The summed E-state index contributed by atoms with van der Waals surface area (Å²) < 4.78 is 10.7. The molecule has 0 spiro atoms. The molecule has 0 heterocycles. The summed E-state index contributed by atoms with van der Waals surface area (Å²) in [5, 5.41) is 12.2. The fourth-order valence-corrected chi connectivity index (χ4v) is 2.15. The summed E-state index contributed by atoms with van der Waals surface area (Å²) in [6.07, 6.45) is 0. The predicted molar refractivity (Wildman–Crippen MR) is 87.3 cm³/mol. The molecule has 0 radical (unpaired) electrons. The van der Waals surface area contributed by atoms with Crippen LogP contribution in [0.2, 0.25) is 0 Å². The van der Waals surface area contributed by atoms with Crippen molar-refractivity contribution < 1.29 is 14.6 Å². The van der Waals surface area contributed by atoms with Crippen molar-refractivity contribution in [3.63, 3.8) is 0 Å². The van der Waals surface area contributed by atoms with Gasteiger partial charge in [-0.1, -0.05) is 35.9 Å². The fraction of sp³-hybridized carbons (Fsp3) is 0.333. The third kappa shape index (κ3) is 4.76. The van der Waals surface area contributed by atoms with E-state index in [1.165, 1.54) is 11.1 Å². The van der Waals surface area contributed by atoms with E-state index in [9.17, 15) is 0 Å². The lowest BCUT2D eigenvalue weighted by atomic mass is 10.1. The van der Waals surface area contributed by atoms with E-state index in [2.05, 4.69) is 36.5 Å². The number of aliphatic hydroxyl groups excluding tert-OH is 1. The van der Waals surface area contributed by atoms with Crippen LogP contribution in [0.25, 0.3) is 0 Å². The van der Waals surface area contributed by atoms with E-state index in [0.29, 0.717) is 11.5 Å². The van der Waals surface area contributed by atoms with Crippen LogP contribution in [0.1, 0.15) is 16.7 Å². The first-order valence-corrected chi connectivity index (χ1v) is 7.40. The molecule has 0 atom stereocenters. The Morgan fingerprint density at radius 1 is 0.955 bits per heavy atom. The predicted octanol–water partition coefficient (Wildman–Crippen LogP) is 2.66. The van der Waals surface area contributed by atoms with Crippen molar-refractivity contribution in [2.75, 3.05) is 20.3 Å². The van der Waals surface area contributed by atoms with Crippen molar-refractivity contribution in [3.05, 3.63) is 59.2 Å². The van der Waals surface area contributed by atoms with Crippen molar-refractivity contribution in [3.8, 4) is 11.5 Å². The second-order valence-corrected chi connectivity index (χ2v) is 5.15. The van der Waals surface area contributed by atoms with Crippen LogP contribution >= 0.6 is 0 Å². The Morgan fingerprint density at radius 3 is 2.32 bits per heavy atom. The molecule has 0 bridgehead atoms. The molecule has 2 aromatic rings. The topological polar surface area (TPSA) is 50.7 Å². The summed E-state index contributed by atoms with van der Waals surface area (Å²) in [5.74, 6) is 1.34. The summed E-state index contributed by atoms with van der Waals surface area (Å²) in [7, 11) is 1.62. The highest BCUT2D eigenvalue weighted by atomic mass is 16.5. The minimum Gasteiger partial charge on any atom is -0.493 e. The SMILES string of the molecule is COc1cc(CNCc2ccc(C)cc2)ccc1OCCO. The summed E-state index contributed by atoms with van der Waals surface area (Å²) in [5.41, 5.74) is 3.66. The van der Waals surface area contributed by atoms with E-state index < -0.39 is 0 Å². The maximum absolute atomic E-state index is 8.81. The molecule has 118 valence electrons. The second-order valence-electron chi connectivity index (χ2n) is 5.15. The minimum atomic E-state index is -0.0109. The zero-order valence-corrected chi connectivity index (χ0v) is 13.1. The minimum absolute atomic E-state index is 0.0109. The van der Waals surface area contributed by atoms with Gasteiger partial charge in [-0.25, -0.2) is 0 Å². The van der Waals surface area contributed by atoms with Crippen LogP contribution in [0.3, 0.4) is 0 Å². The van der Waals surface area contributed by atoms with E-state index >= 15 is 0 Å². The monoisotopic (exact) mass is 301 g/mol. The number of benzene rings is 2. The van der Waals surface area contributed by atoms with Gasteiger partial charge < -0.3 is 19.9 Å². The molecule has 4 heteroatoms. The molecule has 0 aliphatic heterocycles. The van der Waals surface area contributed by atoms with Crippen LogP contribution < -0.4 is 14.8 Å². The summed E-state index contributed by atoms with van der Waals surface area (Å²) in [6, 6.07) is 14.3. The van der Waals surface area contributed by atoms with Crippen LogP contribution in [-0.2, 0) is 13.1 Å². The number of aliphatic hydroxyl groups is 1. The zero-order valence-electron chi connectivity index (χ0n) is 13.1. The van der Waals surface area contributed by atoms with Crippen molar-refractivity contribution in [2.24, 2.45) is 0 Å². The number of ether oxygens (including phenoxy) is 2. The van der Waals surface area contributed by atoms with Crippen LogP contribution in [0.15, 0.2) is 42.5 Å². The summed E-state index contributed by atoms with van der Waals surface area (Å²) >= 11 is 0. The van der Waals surface area contributed by atoms with Crippen LogP contribution in [0, 0.1) is 6.92 Å². The second kappa shape index (κ2) is 8.41. The molecule has 0 aliphatic rings. The van der Waals surface area contributed by atoms with E-state index in [1.54, 1.807) is 7.11 Å². The smallest absolute Gasteiger partial charge is 0.161 e. The Bertz CT molecular complexity index is 581. The highest BCUT2D eigenvalue weighted by Crippen LogP contribution is 2.27. The molecular formula is C18H23NO3. The van der Waals surface area contributed by atoms with Gasteiger partial charge in [0, 0.05) is 13.1 Å². The van der Waals surface area contributed by atoms with Gasteiger partial charge in [0.25, 0.3) is 0 Å². The van der Waals surface area contributed by atoms with Gasteiger partial charge in [0.15, 0.2) is 11.5 Å². The van der Waals surface area contributed by atoms with Gasteiger partial charge in [-0.15, -0.1) is 0 Å². The van der Waals surface area contributed by atoms with Crippen molar-refractivity contribution in [1.29, 1.82) is 0 Å². The number of aryl methyl sites for hydroxylation is 1. The van der Waals surface area contributed by atoms with Gasteiger partial charge in [-0.2, -0.15) is 0 Å². The van der Waals surface area contributed by atoms with Crippen LogP contribution in [0.4, 0.5) is 0 Å². The maximum atomic E-state index is 8.81. The fourth-order valence-electron chi connectivity index (χ4n) is 2.15. The van der Waals surface area contributed by atoms with Crippen LogP contribution in [-0.4, -0.2) is 25.4 Å². The third-order valence-corrected chi connectivity index (χ3v) is 3.36. The molecule has 0 unspecified atom stereocenters. The molecule has 2 aromatic carbocycles. The molecule has 0 aliphatic carbocycles. The number of hydrogen-bond donors (Lipinski definition) is 2. The van der Waals surface area contributed by atoms with E-state index in [-0.39, 0.29) is 13.2 Å². The maximum Gasteiger partial charge on any atom is 0.161 e. The van der Waals surface area contributed by atoms with Crippen molar-refractivity contribution in [2.45, 2.75) is 20.0 Å². The molecule has 2 rings (SSSR count). The summed E-state index contributed by atoms with van der Waals surface area (Å²) in [4.78, 5) is 0. The van der Waals surface area contributed by atoms with E-state index in [4.69, 9.17) is 14.6 Å². The molecule has 4 nitrogen and oxygen atoms in total. The van der Waals surface area contributed by atoms with Gasteiger partial charge in [-0.05, 0) is 30.2 Å². The Morgan fingerprint density at radius 2 is 1.64 bits per heavy atom. The van der Waals surface area contributed by atoms with Gasteiger partial charge in [0.05, 0.1) is 13.7 Å². The first-order chi connectivity index (χ1) is 10.7. The molecule has 0 saturated carbocycles. The first-order valence-electron chi connectivity index (χ1n) is 7.40. The summed E-state index contributed by atoms with van der Waals surface area (Å²) in [6.45, 7) is 3.92. The van der Waals surface area contributed by atoms with Crippen molar-refractivity contribution >= 4 is 0 Å². The Hall–Kier alpha value is -2.04. The molecular weight excluding hydrogens is 278 g/mol. The van der Waals surface area contributed by atoms with E-state index in [0.717, 1.165) is 18.7 Å². The average molecular weight is 301 g/mol. The normalized spacial score (nSPS) is 10.5. The Labute approximate surface area is 131 Å². The molecule has 0 fully saturated rings. The van der Waals surface area contributed by atoms with E-state index in [1.807, 2.05) is 18.2 Å². The highest BCUT2D eigenvalue weighted by Gasteiger charge is 2.05. The van der Waals surface area contributed by atoms with Crippen molar-refractivity contribution in [1.82, 2.24) is 5.32 Å². The lowest BCUT2D eigenvalue weighted by Crippen LogP contribution is -2.12. The molecule has 0 saturated heterocycles. The van der Waals surface area contributed by atoms with Crippen LogP contribution in [0.5, 0.6) is 11.5 Å². The van der Waals surface area contributed by atoms with Gasteiger partial charge in [0.1, 0.15) is 6.61 Å². The number of hydrogen-bond acceptors (Lipinski definition) is 4. The zero-order chi connectivity index (χ0) is 15.8. The highest BCUT2D eigenvalue weighted by molar-refractivity contribution is 5.43.